The average Bonchev–Trinajstić information content (AvgIpc) is 2.88. The molecule has 1 aromatic heterocycles. The normalized spacial score (nSPS) is 26.0. The van der Waals surface area contributed by atoms with Gasteiger partial charge in [-0.25, -0.2) is 0 Å². The highest BCUT2D eigenvalue weighted by Crippen LogP contribution is 2.66. The van der Waals surface area contributed by atoms with Crippen LogP contribution in [0.3, 0.4) is 0 Å². The van der Waals surface area contributed by atoms with E-state index in [-0.39, 0.29) is 9.14 Å². The van der Waals surface area contributed by atoms with Crippen LogP contribution in [0.1, 0.15) is 53.4 Å². The lowest BCUT2D eigenvalue weighted by molar-refractivity contribution is -0.120. The van der Waals surface area contributed by atoms with Crippen LogP contribution in [0, 0.1) is 5.41 Å². The Bertz CT molecular complexity index is 656. The second-order valence-corrected chi connectivity index (χ2v) is 11.2. The molecule has 0 unspecified atom stereocenters. The Labute approximate surface area is 150 Å². The zero-order valence-corrected chi connectivity index (χ0v) is 16.3. The molecule has 3 N–H and O–H groups in total. The maximum atomic E-state index is 12.6. The number of nitrogens with one attached hydrogen (secondary N) is 1. The monoisotopic (exact) mass is 448 g/mol. The number of carbonyl (C=O) groups excluding carboxylic acids is 2. The van der Waals surface area contributed by atoms with Crippen molar-refractivity contribution in [2.75, 3.05) is 5.32 Å². The molecule has 7 heteroatoms. The number of carbonyl (C=O) groups is 2. The summed E-state index contributed by atoms with van der Waals surface area (Å²) in [5.74, 6) is -0.528. The van der Waals surface area contributed by atoms with Crippen molar-refractivity contribution in [3.8, 4) is 0 Å². The summed E-state index contributed by atoms with van der Waals surface area (Å²) in [6.07, 6.45) is 5.92. The summed E-state index contributed by atoms with van der Waals surface area (Å²) in [5.41, 5.74) is 6.65. The van der Waals surface area contributed by atoms with Gasteiger partial charge in [-0.15, -0.1) is 11.3 Å². The van der Waals surface area contributed by atoms with Gasteiger partial charge in [0.05, 0.1) is 14.2 Å². The van der Waals surface area contributed by atoms with Crippen molar-refractivity contribution < 1.29 is 9.59 Å². The van der Waals surface area contributed by atoms with Crippen molar-refractivity contribution in [1.82, 2.24) is 0 Å². The fourth-order valence-corrected chi connectivity index (χ4v) is 5.75. The van der Waals surface area contributed by atoms with Crippen LogP contribution in [0.5, 0.6) is 0 Å². The van der Waals surface area contributed by atoms with Gasteiger partial charge in [0.25, 0.3) is 5.91 Å². The first-order valence-corrected chi connectivity index (χ1v) is 9.80. The third-order valence-corrected chi connectivity index (χ3v) is 8.17. The van der Waals surface area contributed by atoms with E-state index in [1.54, 1.807) is 0 Å². The number of thiophene rings is 1. The van der Waals surface area contributed by atoms with Gasteiger partial charge in [0.15, 0.2) is 0 Å². The molecule has 4 nitrogen and oxygen atoms in total. The molecule has 0 radical (unpaired) electrons. The molecule has 120 valence electrons. The van der Waals surface area contributed by atoms with E-state index in [0.29, 0.717) is 17.0 Å². The summed E-state index contributed by atoms with van der Waals surface area (Å²) in [6.45, 7) is 1.90. The maximum Gasteiger partial charge on any atom is 0.251 e. The van der Waals surface area contributed by atoms with E-state index in [1.807, 2.05) is 6.92 Å². The summed E-state index contributed by atoms with van der Waals surface area (Å²) in [5, 5.41) is 3.57. The third kappa shape index (κ3) is 2.65. The molecular weight excluding hydrogens is 432 g/mol. The number of hydrogen-bond donors (Lipinski definition) is 2. The Morgan fingerprint density at radius 3 is 2.45 bits per heavy atom. The van der Waals surface area contributed by atoms with E-state index < -0.39 is 11.3 Å². The summed E-state index contributed by atoms with van der Waals surface area (Å²) in [7, 11) is 0. The first-order valence-electron chi connectivity index (χ1n) is 7.40. The Balaban J connectivity index is 1.91. The Morgan fingerprint density at radius 1 is 1.23 bits per heavy atom. The lowest BCUT2D eigenvalue weighted by atomic mass is 10.0. The molecule has 1 heterocycles. The van der Waals surface area contributed by atoms with E-state index in [2.05, 4.69) is 37.2 Å². The Hall–Kier alpha value is -0.400. The second kappa shape index (κ2) is 5.60. The van der Waals surface area contributed by atoms with Gasteiger partial charge >= 0.3 is 0 Å². The molecule has 1 fully saturated rings. The average molecular weight is 450 g/mol. The van der Waals surface area contributed by atoms with Crippen LogP contribution >= 0.6 is 43.2 Å². The lowest BCUT2D eigenvalue weighted by Gasteiger charge is -2.13. The van der Waals surface area contributed by atoms with Crippen LogP contribution in [-0.2, 0) is 17.6 Å². The van der Waals surface area contributed by atoms with Crippen LogP contribution in [-0.4, -0.2) is 15.0 Å². The first kappa shape index (κ1) is 16.5. The first-order chi connectivity index (χ1) is 10.3. The minimum atomic E-state index is -0.511. The largest absolute Gasteiger partial charge is 0.365 e. The fourth-order valence-electron chi connectivity index (χ4n) is 2.98. The molecule has 0 saturated heterocycles. The third-order valence-electron chi connectivity index (χ3n) is 4.65. The molecule has 1 atom stereocenters. The van der Waals surface area contributed by atoms with Gasteiger partial charge in [0.1, 0.15) is 5.00 Å². The van der Waals surface area contributed by atoms with E-state index in [0.717, 1.165) is 31.2 Å². The highest BCUT2D eigenvalue weighted by molar-refractivity contribution is 9.25. The van der Waals surface area contributed by atoms with Crippen LogP contribution in [0.25, 0.3) is 0 Å². The van der Waals surface area contributed by atoms with Gasteiger partial charge in [-0.05, 0) is 44.6 Å². The van der Waals surface area contributed by atoms with Gasteiger partial charge in [0.2, 0.25) is 5.91 Å². The van der Waals surface area contributed by atoms with Crippen molar-refractivity contribution in [2.24, 2.45) is 11.1 Å². The molecule has 1 aromatic rings. The molecule has 0 spiro atoms. The van der Waals surface area contributed by atoms with Gasteiger partial charge < -0.3 is 11.1 Å². The maximum absolute atomic E-state index is 12.6. The molecule has 3 rings (SSSR count). The summed E-state index contributed by atoms with van der Waals surface area (Å²) >= 11 is 8.52. The number of nitrogens with two attached hydrogens (primary N) is 1. The number of amides is 2. The molecular formula is C15H18Br2N2O2S. The van der Waals surface area contributed by atoms with E-state index in [9.17, 15) is 9.59 Å². The molecule has 2 aliphatic carbocycles. The number of primary amides is 1. The van der Waals surface area contributed by atoms with Crippen LogP contribution < -0.4 is 11.1 Å². The highest BCUT2D eigenvalue weighted by Gasteiger charge is 2.66. The van der Waals surface area contributed by atoms with Crippen molar-refractivity contribution in [3.05, 3.63) is 16.0 Å². The van der Waals surface area contributed by atoms with Crippen molar-refractivity contribution in [2.45, 2.75) is 48.7 Å². The molecule has 22 heavy (non-hydrogen) atoms. The van der Waals surface area contributed by atoms with Crippen LogP contribution in [0.2, 0.25) is 0 Å². The Kier molecular flexibility index (Phi) is 4.19. The molecule has 0 aliphatic heterocycles. The molecule has 2 aliphatic rings. The number of alkyl halides is 2. The van der Waals surface area contributed by atoms with Gasteiger partial charge in [-0.3, -0.25) is 9.59 Å². The Morgan fingerprint density at radius 2 is 1.86 bits per heavy atom. The van der Waals surface area contributed by atoms with Gasteiger partial charge in [-0.2, -0.15) is 0 Å². The van der Waals surface area contributed by atoms with Crippen molar-refractivity contribution >= 4 is 60.0 Å². The minimum absolute atomic E-state index is 0.0832. The number of aryl methyl sites for hydroxylation is 1. The van der Waals surface area contributed by atoms with Crippen LogP contribution in [0.15, 0.2) is 0 Å². The molecule has 0 aromatic carbocycles. The molecule has 0 bridgehead atoms. The highest BCUT2D eigenvalue weighted by atomic mass is 79.9. The second-order valence-electron chi connectivity index (χ2n) is 6.30. The van der Waals surface area contributed by atoms with Crippen molar-refractivity contribution in [3.63, 3.8) is 0 Å². The van der Waals surface area contributed by atoms with Crippen molar-refractivity contribution in [1.29, 1.82) is 0 Å². The summed E-state index contributed by atoms with van der Waals surface area (Å²) in [4.78, 5) is 25.7. The standard InChI is InChI=1S/C15H18Br2N2O2S/c1-14(7-15(14,16)17)13(21)19-12-10(11(18)20)8-5-3-2-4-6-9(8)22-12/h2-7H2,1H3,(H2,18,20)(H,19,21)/t14-/m0/s1. The minimum Gasteiger partial charge on any atom is -0.365 e. The predicted octanol–water partition coefficient (Wildman–Crippen LogP) is 3.95. The SMILES string of the molecule is C[C@@]1(C(=O)Nc2sc3c(c2C(N)=O)CCCCC3)CC1(Br)Br. The van der Waals surface area contributed by atoms with E-state index in [1.165, 1.54) is 22.6 Å². The number of anilines is 1. The number of hydrogen-bond acceptors (Lipinski definition) is 3. The smallest absolute Gasteiger partial charge is 0.251 e. The number of rotatable bonds is 3. The quantitative estimate of drug-likeness (QED) is 0.541. The number of fused-ring (bicyclic) bond motifs is 1. The van der Waals surface area contributed by atoms with Gasteiger partial charge in [0, 0.05) is 4.88 Å². The van der Waals surface area contributed by atoms with Gasteiger partial charge in [-0.1, -0.05) is 38.3 Å². The molecule has 2 amide bonds. The summed E-state index contributed by atoms with van der Waals surface area (Å²) in [6, 6.07) is 0. The van der Waals surface area contributed by atoms with E-state index >= 15 is 0 Å². The zero-order chi connectivity index (χ0) is 16.1. The predicted molar refractivity (Wildman–Crippen MR) is 96.0 cm³/mol. The summed E-state index contributed by atoms with van der Waals surface area (Å²) < 4.78 is -0.349. The zero-order valence-electron chi connectivity index (χ0n) is 12.3. The fraction of sp³-hybridized carbons (Fsp3) is 0.600. The lowest BCUT2D eigenvalue weighted by Crippen LogP contribution is -2.26. The van der Waals surface area contributed by atoms with E-state index in [4.69, 9.17) is 5.73 Å². The van der Waals surface area contributed by atoms with Crippen LogP contribution in [0.4, 0.5) is 5.00 Å². The topological polar surface area (TPSA) is 72.2 Å². The molecule has 1 saturated carbocycles. The number of halogens is 2.